The minimum atomic E-state index is -0.208. The number of carbonyl (C=O) groups is 1. The molecular weight excluding hydrogens is 282 g/mol. The van der Waals surface area contributed by atoms with Gasteiger partial charge in [-0.25, -0.2) is 9.97 Å². The van der Waals surface area contributed by atoms with E-state index < -0.39 is 0 Å². The number of methoxy groups -OCH3 is 1. The average Bonchev–Trinajstić information content (AvgIpc) is 2.53. The van der Waals surface area contributed by atoms with E-state index in [9.17, 15) is 4.79 Å². The van der Waals surface area contributed by atoms with E-state index in [0.29, 0.717) is 13.0 Å². The fraction of sp³-hybridized carbons (Fsp3) is 0.312. The minimum Gasteiger partial charge on any atom is -0.496 e. The zero-order valence-electron chi connectivity index (χ0n) is 12.7. The summed E-state index contributed by atoms with van der Waals surface area (Å²) in [7, 11) is 1.63. The van der Waals surface area contributed by atoms with Crippen molar-refractivity contribution in [2.45, 2.75) is 13.3 Å². The first-order valence-electron chi connectivity index (χ1n) is 7.00. The zero-order valence-corrected chi connectivity index (χ0v) is 12.7. The number of hydrogen-bond acceptors (Lipinski definition) is 5. The van der Waals surface area contributed by atoms with Crippen molar-refractivity contribution in [1.29, 1.82) is 0 Å². The molecule has 0 radical (unpaired) electrons. The van der Waals surface area contributed by atoms with Gasteiger partial charge in [0.25, 0.3) is 5.91 Å². The van der Waals surface area contributed by atoms with Gasteiger partial charge in [0.1, 0.15) is 5.75 Å². The summed E-state index contributed by atoms with van der Waals surface area (Å²) in [4.78, 5) is 19.7. The first-order valence-corrected chi connectivity index (χ1v) is 7.00. The van der Waals surface area contributed by atoms with Crippen LogP contribution in [-0.4, -0.2) is 36.1 Å². The third kappa shape index (κ3) is 4.73. The molecule has 0 unspecified atom stereocenters. The van der Waals surface area contributed by atoms with Crippen molar-refractivity contribution in [3.05, 3.63) is 47.8 Å². The summed E-state index contributed by atoms with van der Waals surface area (Å²) in [5.41, 5.74) is 1.84. The number of rotatable bonds is 7. The van der Waals surface area contributed by atoms with Crippen LogP contribution in [-0.2, 0) is 11.2 Å². The summed E-state index contributed by atoms with van der Waals surface area (Å²) in [6.45, 7) is 2.24. The fourth-order valence-corrected chi connectivity index (χ4v) is 1.92. The van der Waals surface area contributed by atoms with Crippen molar-refractivity contribution in [3.8, 4) is 11.8 Å². The molecule has 6 nitrogen and oxygen atoms in total. The van der Waals surface area contributed by atoms with E-state index in [4.69, 9.17) is 9.47 Å². The second-order valence-corrected chi connectivity index (χ2v) is 4.68. The molecule has 1 heterocycles. The number of nitrogens with one attached hydrogen (secondary N) is 1. The molecule has 1 aromatic heterocycles. The Bertz CT molecular complexity index is 632. The van der Waals surface area contributed by atoms with Crippen molar-refractivity contribution in [2.24, 2.45) is 0 Å². The van der Waals surface area contributed by atoms with Gasteiger partial charge in [-0.2, -0.15) is 0 Å². The minimum absolute atomic E-state index is 0.102. The summed E-state index contributed by atoms with van der Waals surface area (Å²) in [5.74, 6) is 0.612. The van der Waals surface area contributed by atoms with Crippen LogP contribution in [0.4, 0.5) is 0 Å². The molecule has 0 saturated heterocycles. The highest BCUT2D eigenvalue weighted by atomic mass is 16.5. The Kier molecular flexibility index (Phi) is 5.71. The molecule has 22 heavy (non-hydrogen) atoms. The maximum atomic E-state index is 11.7. The molecule has 6 heteroatoms. The average molecular weight is 301 g/mol. The topological polar surface area (TPSA) is 73.3 Å². The predicted molar refractivity (Wildman–Crippen MR) is 82.0 cm³/mol. The summed E-state index contributed by atoms with van der Waals surface area (Å²) in [6.07, 6.45) is 2.29. The second-order valence-electron chi connectivity index (χ2n) is 4.68. The molecule has 1 aromatic carbocycles. The Hall–Kier alpha value is -2.63. The van der Waals surface area contributed by atoms with Crippen molar-refractivity contribution in [1.82, 2.24) is 15.3 Å². The van der Waals surface area contributed by atoms with Crippen molar-refractivity contribution in [3.63, 3.8) is 0 Å². The highest BCUT2D eigenvalue weighted by Crippen LogP contribution is 2.17. The lowest BCUT2D eigenvalue weighted by atomic mass is 10.1. The van der Waals surface area contributed by atoms with Crippen LogP contribution in [0.3, 0.4) is 0 Å². The maximum Gasteiger partial charge on any atom is 0.317 e. The first-order chi connectivity index (χ1) is 10.7. The lowest BCUT2D eigenvalue weighted by molar-refractivity contribution is -0.123. The van der Waals surface area contributed by atoms with Crippen LogP contribution in [0.1, 0.15) is 11.3 Å². The van der Waals surface area contributed by atoms with Crippen LogP contribution in [0.2, 0.25) is 0 Å². The van der Waals surface area contributed by atoms with Crippen LogP contribution in [0.5, 0.6) is 11.8 Å². The smallest absolute Gasteiger partial charge is 0.317 e. The third-order valence-electron chi connectivity index (χ3n) is 3.01. The Balaban J connectivity index is 1.74. The zero-order chi connectivity index (χ0) is 15.8. The fourth-order valence-electron chi connectivity index (χ4n) is 1.92. The van der Waals surface area contributed by atoms with Gasteiger partial charge in [0.05, 0.1) is 7.11 Å². The maximum absolute atomic E-state index is 11.7. The molecule has 0 fully saturated rings. The van der Waals surface area contributed by atoms with Crippen molar-refractivity contribution < 1.29 is 14.3 Å². The van der Waals surface area contributed by atoms with Gasteiger partial charge in [0.15, 0.2) is 6.61 Å². The van der Waals surface area contributed by atoms with E-state index in [1.165, 1.54) is 0 Å². The molecule has 0 atom stereocenters. The largest absolute Gasteiger partial charge is 0.496 e. The number of ether oxygens (including phenoxy) is 2. The summed E-state index contributed by atoms with van der Waals surface area (Å²) in [6, 6.07) is 9.70. The Labute approximate surface area is 129 Å². The number of carbonyl (C=O) groups excluding carboxylic acids is 1. The molecule has 0 spiro atoms. The van der Waals surface area contributed by atoms with Gasteiger partial charge in [-0.3, -0.25) is 4.79 Å². The molecule has 2 rings (SSSR count). The van der Waals surface area contributed by atoms with Crippen LogP contribution in [0.25, 0.3) is 0 Å². The van der Waals surface area contributed by atoms with E-state index in [0.717, 1.165) is 17.0 Å². The van der Waals surface area contributed by atoms with Gasteiger partial charge in [0, 0.05) is 18.4 Å². The van der Waals surface area contributed by atoms with Gasteiger partial charge in [0.2, 0.25) is 0 Å². The molecule has 1 amide bonds. The van der Waals surface area contributed by atoms with Crippen molar-refractivity contribution >= 4 is 5.91 Å². The molecule has 2 aromatic rings. The van der Waals surface area contributed by atoms with Crippen LogP contribution >= 0.6 is 0 Å². The first kappa shape index (κ1) is 15.8. The SMILES string of the molecule is COc1ccccc1CCNC(=O)COc1nccc(C)n1. The van der Waals surface area contributed by atoms with E-state index >= 15 is 0 Å². The number of aromatic nitrogens is 2. The van der Waals surface area contributed by atoms with E-state index in [1.807, 2.05) is 31.2 Å². The summed E-state index contributed by atoms with van der Waals surface area (Å²) < 4.78 is 10.5. The quantitative estimate of drug-likeness (QED) is 0.839. The number of benzene rings is 1. The molecule has 0 saturated carbocycles. The van der Waals surface area contributed by atoms with E-state index in [-0.39, 0.29) is 18.5 Å². The second kappa shape index (κ2) is 7.97. The number of nitrogens with zero attached hydrogens (tertiary/aromatic N) is 2. The Morgan fingerprint density at radius 2 is 2.09 bits per heavy atom. The van der Waals surface area contributed by atoms with Crippen molar-refractivity contribution in [2.75, 3.05) is 20.3 Å². The van der Waals surface area contributed by atoms with Gasteiger partial charge < -0.3 is 14.8 Å². The van der Waals surface area contributed by atoms with Crippen LogP contribution < -0.4 is 14.8 Å². The highest BCUT2D eigenvalue weighted by Gasteiger charge is 2.06. The monoisotopic (exact) mass is 301 g/mol. The molecule has 0 bridgehead atoms. The number of amides is 1. The molecule has 0 aliphatic rings. The Morgan fingerprint density at radius 3 is 2.86 bits per heavy atom. The molecule has 0 aliphatic heterocycles. The highest BCUT2D eigenvalue weighted by molar-refractivity contribution is 5.77. The van der Waals surface area contributed by atoms with Gasteiger partial charge in [-0.05, 0) is 31.0 Å². The lowest BCUT2D eigenvalue weighted by Crippen LogP contribution is -2.30. The molecular formula is C16H19N3O3. The van der Waals surface area contributed by atoms with E-state index in [1.54, 1.807) is 19.4 Å². The number of aryl methyl sites for hydroxylation is 1. The normalized spacial score (nSPS) is 10.1. The Morgan fingerprint density at radius 1 is 1.27 bits per heavy atom. The van der Waals surface area contributed by atoms with E-state index in [2.05, 4.69) is 15.3 Å². The summed E-state index contributed by atoms with van der Waals surface area (Å²) in [5, 5.41) is 2.79. The molecule has 1 N–H and O–H groups in total. The third-order valence-corrected chi connectivity index (χ3v) is 3.01. The predicted octanol–water partition coefficient (Wildman–Crippen LogP) is 1.53. The van der Waals surface area contributed by atoms with Crippen LogP contribution in [0.15, 0.2) is 36.5 Å². The molecule has 116 valence electrons. The van der Waals surface area contributed by atoms with Gasteiger partial charge in [-0.15, -0.1) is 0 Å². The standard InChI is InChI=1S/C16H19N3O3/c1-12-7-9-18-16(19-12)22-11-15(20)17-10-8-13-5-3-4-6-14(13)21-2/h3-7,9H,8,10-11H2,1-2H3,(H,17,20). The lowest BCUT2D eigenvalue weighted by Gasteiger charge is -2.09. The number of hydrogen-bond donors (Lipinski definition) is 1. The number of para-hydroxylation sites is 1. The molecule has 0 aliphatic carbocycles. The van der Waals surface area contributed by atoms with Gasteiger partial charge >= 0.3 is 6.01 Å². The summed E-state index contributed by atoms with van der Waals surface area (Å²) >= 11 is 0. The van der Waals surface area contributed by atoms with Gasteiger partial charge in [-0.1, -0.05) is 18.2 Å². The van der Waals surface area contributed by atoms with Crippen LogP contribution in [0, 0.1) is 6.92 Å².